The molecule has 3 N–H and O–H groups in total. The molecule has 2 rings (SSSR count). The maximum absolute atomic E-state index is 5.88. The third-order valence-electron chi connectivity index (χ3n) is 2.86. The molecular formula is C17H22N2O2. The number of nitrogen functional groups attached to an aromatic ring is 1. The number of nitrogens with two attached hydrogens (primary N) is 1. The van der Waals surface area contributed by atoms with Crippen LogP contribution < -0.4 is 20.5 Å². The molecule has 21 heavy (non-hydrogen) atoms. The lowest BCUT2D eigenvalue weighted by atomic mass is 10.2. The molecule has 0 heterocycles. The summed E-state index contributed by atoms with van der Waals surface area (Å²) >= 11 is 0. The summed E-state index contributed by atoms with van der Waals surface area (Å²) in [6.07, 6.45) is 1.00. The second kappa shape index (κ2) is 7.43. The number of hydrogen-bond donors (Lipinski definition) is 2. The first kappa shape index (κ1) is 15.0. The van der Waals surface area contributed by atoms with E-state index < -0.39 is 0 Å². The molecule has 4 nitrogen and oxygen atoms in total. The highest BCUT2D eigenvalue weighted by atomic mass is 16.5. The fourth-order valence-electron chi connectivity index (χ4n) is 1.97. The molecule has 0 aliphatic heterocycles. The Labute approximate surface area is 125 Å². The summed E-state index contributed by atoms with van der Waals surface area (Å²) < 4.78 is 11.1. The van der Waals surface area contributed by atoms with Crippen LogP contribution >= 0.6 is 0 Å². The Morgan fingerprint density at radius 3 is 2.33 bits per heavy atom. The lowest BCUT2D eigenvalue weighted by molar-refractivity contribution is 0.317. The van der Waals surface area contributed by atoms with E-state index in [-0.39, 0.29) is 0 Å². The third-order valence-corrected chi connectivity index (χ3v) is 2.86. The second-order valence-corrected chi connectivity index (χ2v) is 4.72. The number of anilines is 3. The van der Waals surface area contributed by atoms with Gasteiger partial charge in [-0.3, -0.25) is 0 Å². The van der Waals surface area contributed by atoms with Crippen molar-refractivity contribution in [2.75, 3.05) is 24.3 Å². The van der Waals surface area contributed by atoms with Crippen molar-refractivity contribution in [3.05, 3.63) is 42.5 Å². The van der Waals surface area contributed by atoms with Gasteiger partial charge in [0.1, 0.15) is 11.5 Å². The number of hydrogen-bond acceptors (Lipinski definition) is 4. The Morgan fingerprint density at radius 2 is 1.67 bits per heavy atom. The highest BCUT2D eigenvalue weighted by Gasteiger charge is 2.01. The number of rotatable bonds is 7. The summed E-state index contributed by atoms with van der Waals surface area (Å²) in [6, 6.07) is 13.5. The predicted octanol–water partition coefficient (Wildman–Crippen LogP) is 4.20. The first-order chi connectivity index (χ1) is 10.2. The van der Waals surface area contributed by atoms with Crippen molar-refractivity contribution in [3.8, 4) is 11.5 Å². The van der Waals surface area contributed by atoms with Gasteiger partial charge in [0.15, 0.2) is 0 Å². The van der Waals surface area contributed by atoms with Gasteiger partial charge in [-0.25, -0.2) is 0 Å². The van der Waals surface area contributed by atoms with Gasteiger partial charge >= 0.3 is 0 Å². The first-order valence-corrected chi connectivity index (χ1v) is 7.24. The molecule has 4 heteroatoms. The van der Waals surface area contributed by atoms with Gasteiger partial charge in [0.05, 0.1) is 13.2 Å². The predicted molar refractivity (Wildman–Crippen MR) is 87.5 cm³/mol. The third kappa shape index (κ3) is 4.60. The Bertz CT molecular complexity index is 568. The summed E-state index contributed by atoms with van der Waals surface area (Å²) in [5.41, 5.74) is 8.44. The molecule has 0 fully saturated rings. The average Bonchev–Trinajstić information content (AvgIpc) is 2.46. The van der Waals surface area contributed by atoms with E-state index in [2.05, 4.69) is 12.2 Å². The standard InChI is InChI=1S/C17H22N2O2/c1-3-9-21-16-7-5-14(6-8-16)19-15-10-13(18)11-17(12-15)20-4-2/h5-8,10-12,19H,3-4,9,18H2,1-2H3. The van der Waals surface area contributed by atoms with E-state index >= 15 is 0 Å². The largest absolute Gasteiger partial charge is 0.494 e. The first-order valence-electron chi connectivity index (χ1n) is 7.24. The van der Waals surface area contributed by atoms with Gasteiger partial charge in [-0.1, -0.05) is 6.92 Å². The summed E-state index contributed by atoms with van der Waals surface area (Å²) in [6.45, 7) is 5.39. The highest BCUT2D eigenvalue weighted by molar-refractivity contribution is 5.66. The van der Waals surface area contributed by atoms with E-state index in [0.717, 1.165) is 35.9 Å². The van der Waals surface area contributed by atoms with Gasteiger partial charge in [0.2, 0.25) is 0 Å². The van der Waals surface area contributed by atoms with Gasteiger partial charge in [-0.2, -0.15) is 0 Å². The molecule has 0 unspecified atom stereocenters. The summed E-state index contributed by atoms with van der Waals surface area (Å²) in [5, 5.41) is 3.31. The maximum atomic E-state index is 5.88. The van der Waals surface area contributed by atoms with Crippen LogP contribution in [0, 0.1) is 0 Å². The van der Waals surface area contributed by atoms with Crippen LogP contribution in [0.1, 0.15) is 20.3 Å². The van der Waals surface area contributed by atoms with Crippen molar-refractivity contribution in [2.45, 2.75) is 20.3 Å². The normalized spacial score (nSPS) is 10.2. The molecule has 112 valence electrons. The van der Waals surface area contributed by atoms with Crippen molar-refractivity contribution in [3.63, 3.8) is 0 Å². The van der Waals surface area contributed by atoms with Crippen molar-refractivity contribution in [1.82, 2.24) is 0 Å². The Hall–Kier alpha value is -2.36. The van der Waals surface area contributed by atoms with Crippen LogP contribution in [0.2, 0.25) is 0 Å². The van der Waals surface area contributed by atoms with Gasteiger partial charge in [0.25, 0.3) is 0 Å². The van der Waals surface area contributed by atoms with E-state index in [4.69, 9.17) is 15.2 Å². The van der Waals surface area contributed by atoms with E-state index in [1.165, 1.54) is 0 Å². The molecule has 2 aromatic rings. The molecule has 0 radical (unpaired) electrons. The smallest absolute Gasteiger partial charge is 0.123 e. The summed E-state index contributed by atoms with van der Waals surface area (Å²) in [7, 11) is 0. The molecule has 0 saturated heterocycles. The minimum atomic E-state index is 0.617. The van der Waals surface area contributed by atoms with Crippen molar-refractivity contribution in [2.24, 2.45) is 0 Å². The zero-order valence-electron chi connectivity index (χ0n) is 12.6. The zero-order valence-corrected chi connectivity index (χ0v) is 12.6. The second-order valence-electron chi connectivity index (χ2n) is 4.72. The van der Waals surface area contributed by atoms with E-state index in [0.29, 0.717) is 12.3 Å². The van der Waals surface area contributed by atoms with Crippen LogP contribution in [-0.4, -0.2) is 13.2 Å². The van der Waals surface area contributed by atoms with E-state index in [1.807, 2.05) is 49.4 Å². The Kier molecular flexibility index (Phi) is 5.32. The molecule has 0 aromatic heterocycles. The molecule has 0 saturated carbocycles. The quantitative estimate of drug-likeness (QED) is 0.749. The lowest BCUT2D eigenvalue weighted by Crippen LogP contribution is -1.97. The number of ether oxygens (including phenoxy) is 2. The summed E-state index contributed by atoms with van der Waals surface area (Å²) in [4.78, 5) is 0. The SMILES string of the molecule is CCCOc1ccc(Nc2cc(N)cc(OCC)c2)cc1. The number of benzene rings is 2. The molecule has 0 bridgehead atoms. The fourth-order valence-corrected chi connectivity index (χ4v) is 1.97. The van der Waals surface area contributed by atoms with Crippen LogP contribution in [0.15, 0.2) is 42.5 Å². The van der Waals surface area contributed by atoms with Crippen LogP contribution in [0.3, 0.4) is 0 Å². The van der Waals surface area contributed by atoms with Crippen molar-refractivity contribution < 1.29 is 9.47 Å². The molecule has 0 aliphatic carbocycles. The van der Waals surface area contributed by atoms with Crippen molar-refractivity contribution in [1.29, 1.82) is 0 Å². The molecule has 0 atom stereocenters. The molecule has 0 spiro atoms. The minimum absolute atomic E-state index is 0.617. The molecule has 0 aliphatic rings. The van der Waals surface area contributed by atoms with Crippen LogP contribution in [-0.2, 0) is 0 Å². The van der Waals surface area contributed by atoms with Gasteiger partial charge in [-0.15, -0.1) is 0 Å². The van der Waals surface area contributed by atoms with Crippen LogP contribution in [0.25, 0.3) is 0 Å². The zero-order chi connectivity index (χ0) is 15.1. The van der Waals surface area contributed by atoms with Gasteiger partial charge in [-0.05, 0) is 43.7 Å². The fraction of sp³-hybridized carbons (Fsp3) is 0.294. The molecule has 0 amide bonds. The topological polar surface area (TPSA) is 56.5 Å². The summed E-state index contributed by atoms with van der Waals surface area (Å²) in [5.74, 6) is 1.65. The van der Waals surface area contributed by atoms with E-state index in [1.54, 1.807) is 0 Å². The monoisotopic (exact) mass is 286 g/mol. The van der Waals surface area contributed by atoms with E-state index in [9.17, 15) is 0 Å². The maximum Gasteiger partial charge on any atom is 0.123 e. The van der Waals surface area contributed by atoms with Gasteiger partial charge < -0.3 is 20.5 Å². The van der Waals surface area contributed by atoms with Crippen LogP contribution in [0.4, 0.5) is 17.1 Å². The highest BCUT2D eigenvalue weighted by Crippen LogP contribution is 2.26. The Balaban J connectivity index is 2.07. The van der Waals surface area contributed by atoms with Gasteiger partial charge in [0, 0.05) is 29.2 Å². The van der Waals surface area contributed by atoms with Crippen LogP contribution in [0.5, 0.6) is 11.5 Å². The Morgan fingerprint density at radius 1 is 0.905 bits per heavy atom. The van der Waals surface area contributed by atoms with Crippen molar-refractivity contribution >= 4 is 17.1 Å². The average molecular weight is 286 g/mol. The minimum Gasteiger partial charge on any atom is -0.494 e. The molecular weight excluding hydrogens is 264 g/mol. The number of nitrogens with one attached hydrogen (secondary N) is 1. The lowest BCUT2D eigenvalue weighted by Gasteiger charge is -2.11. The molecule has 2 aromatic carbocycles.